The Kier molecular flexibility index (Phi) is 6.19. The van der Waals surface area contributed by atoms with Crippen molar-refractivity contribution in [3.05, 3.63) is 54.1 Å². The van der Waals surface area contributed by atoms with Gasteiger partial charge in [0.2, 0.25) is 0 Å². The van der Waals surface area contributed by atoms with Gasteiger partial charge in [0, 0.05) is 11.4 Å². The number of hydrazone groups is 1. The van der Waals surface area contributed by atoms with Crippen LogP contribution in [-0.4, -0.2) is 24.0 Å². The molecular formula is C18H21N3O3. The van der Waals surface area contributed by atoms with E-state index in [0.717, 1.165) is 17.7 Å². The summed E-state index contributed by atoms with van der Waals surface area (Å²) < 4.78 is 5.08. The van der Waals surface area contributed by atoms with Crippen molar-refractivity contribution in [3.8, 4) is 11.5 Å². The van der Waals surface area contributed by atoms with Crippen LogP contribution in [0, 0.1) is 0 Å². The van der Waals surface area contributed by atoms with Crippen molar-refractivity contribution in [3.63, 3.8) is 0 Å². The summed E-state index contributed by atoms with van der Waals surface area (Å²) in [5, 5.41) is 16.3. The van der Waals surface area contributed by atoms with E-state index < -0.39 is 0 Å². The number of para-hydroxylation sites is 1. The quantitative estimate of drug-likeness (QED) is 0.560. The van der Waals surface area contributed by atoms with Gasteiger partial charge in [0.05, 0.1) is 7.11 Å². The zero-order valence-electron chi connectivity index (χ0n) is 13.7. The molecule has 6 nitrogen and oxygen atoms in total. The largest absolute Gasteiger partial charge is 0.504 e. The monoisotopic (exact) mass is 327 g/mol. The number of benzene rings is 2. The number of urea groups is 1. The third kappa shape index (κ3) is 5.31. The number of carbonyl (C=O) groups is 1. The molecule has 126 valence electrons. The Morgan fingerprint density at radius 1 is 1.21 bits per heavy atom. The van der Waals surface area contributed by atoms with Crippen molar-refractivity contribution >= 4 is 17.4 Å². The van der Waals surface area contributed by atoms with Crippen LogP contribution in [0.25, 0.3) is 0 Å². The Bertz CT molecular complexity index is 715. The van der Waals surface area contributed by atoms with Crippen LogP contribution in [0.15, 0.2) is 53.6 Å². The normalized spacial score (nSPS) is 11.0. The number of aryl methyl sites for hydroxylation is 1. The maximum absolute atomic E-state index is 11.7. The smallest absolute Gasteiger partial charge is 0.339 e. The molecule has 0 unspecified atom stereocenters. The average Bonchev–Trinajstić information content (AvgIpc) is 2.60. The summed E-state index contributed by atoms with van der Waals surface area (Å²) in [4.78, 5) is 11.7. The highest BCUT2D eigenvalue weighted by atomic mass is 16.5. The highest BCUT2D eigenvalue weighted by Gasteiger charge is 2.04. The lowest BCUT2D eigenvalue weighted by Crippen LogP contribution is -2.25. The van der Waals surface area contributed by atoms with Crippen LogP contribution in [0.4, 0.5) is 10.5 Å². The summed E-state index contributed by atoms with van der Waals surface area (Å²) in [6.07, 6.45) is 1.41. The molecule has 3 N–H and O–H groups in total. The van der Waals surface area contributed by atoms with Gasteiger partial charge in [-0.2, -0.15) is 5.10 Å². The number of aromatic hydroxyl groups is 1. The summed E-state index contributed by atoms with van der Waals surface area (Å²) >= 11 is 0. The minimum Gasteiger partial charge on any atom is -0.504 e. The molecule has 0 aliphatic heterocycles. The minimum absolute atomic E-state index is 0.117. The zero-order chi connectivity index (χ0) is 17.4. The van der Waals surface area contributed by atoms with Gasteiger partial charge in [0.15, 0.2) is 11.5 Å². The average molecular weight is 327 g/mol. The number of nitrogens with zero attached hydrogens (tertiary/aromatic N) is 1. The standard InChI is InChI=1S/C18H21N3O3/c1-13(8-9-14-10-11-16(22)17(12-14)24-2)20-21-18(23)19-15-6-4-3-5-7-15/h3-7,10-12,22H,8-9H2,1-2H3,(H2,19,21,23)/b20-13+. The van der Waals surface area contributed by atoms with Crippen molar-refractivity contribution in [1.82, 2.24) is 5.43 Å². The zero-order valence-corrected chi connectivity index (χ0v) is 13.7. The molecule has 0 aliphatic carbocycles. The molecule has 0 radical (unpaired) electrons. The van der Waals surface area contributed by atoms with Crippen LogP contribution >= 0.6 is 0 Å². The molecule has 2 aromatic carbocycles. The fourth-order valence-electron chi connectivity index (χ4n) is 2.09. The second kappa shape index (κ2) is 8.57. The number of hydrogen-bond donors (Lipinski definition) is 3. The van der Waals surface area contributed by atoms with Crippen molar-refractivity contribution in [1.29, 1.82) is 0 Å². The second-order valence-corrected chi connectivity index (χ2v) is 5.29. The van der Waals surface area contributed by atoms with E-state index in [0.29, 0.717) is 17.9 Å². The lowest BCUT2D eigenvalue weighted by molar-refractivity contribution is 0.252. The molecule has 0 bridgehead atoms. The van der Waals surface area contributed by atoms with Gasteiger partial charge in [-0.05, 0) is 49.6 Å². The van der Waals surface area contributed by atoms with Gasteiger partial charge in [0.1, 0.15) is 0 Å². The topological polar surface area (TPSA) is 83.0 Å². The first kappa shape index (κ1) is 17.3. The maximum Gasteiger partial charge on any atom is 0.339 e. The molecule has 24 heavy (non-hydrogen) atoms. The van der Waals surface area contributed by atoms with E-state index in [9.17, 15) is 9.90 Å². The van der Waals surface area contributed by atoms with E-state index >= 15 is 0 Å². The Balaban J connectivity index is 1.82. The number of rotatable bonds is 6. The molecule has 0 saturated heterocycles. The Labute approximate surface area is 141 Å². The number of carbonyl (C=O) groups excluding carboxylic acids is 1. The Hall–Kier alpha value is -3.02. The van der Waals surface area contributed by atoms with E-state index in [1.54, 1.807) is 24.3 Å². The third-order valence-electron chi connectivity index (χ3n) is 3.40. The number of phenols is 1. The number of hydrogen-bond acceptors (Lipinski definition) is 4. The molecule has 0 fully saturated rings. The summed E-state index contributed by atoms with van der Waals surface area (Å²) in [5.41, 5.74) is 5.00. The van der Waals surface area contributed by atoms with Crippen molar-refractivity contribution in [2.75, 3.05) is 12.4 Å². The second-order valence-electron chi connectivity index (χ2n) is 5.29. The van der Waals surface area contributed by atoms with Gasteiger partial charge in [-0.25, -0.2) is 10.2 Å². The predicted molar refractivity (Wildman–Crippen MR) is 94.7 cm³/mol. The van der Waals surface area contributed by atoms with Gasteiger partial charge >= 0.3 is 6.03 Å². The lowest BCUT2D eigenvalue weighted by atomic mass is 10.1. The van der Waals surface area contributed by atoms with Crippen molar-refractivity contribution in [2.45, 2.75) is 19.8 Å². The summed E-state index contributed by atoms with van der Waals surface area (Å²) in [6.45, 7) is 1.85. The highest BCUT2D eigenvalue weighted by Crippen LogP contribution is 2.26. The van der Waals surface area contributed by atoms with E-state index in [1.165, 1.54) is 7.11 Å². The van der Waals surface area contributed by atoms with Gasteiger partial charge in [-0.3, -0.25) is 0 Å². The van der Waals surface area contributed by atoms with E-state index in [1.807, 2.05) is 31.2 Å². The predicted octanol–water partition coefficient (Wildman–Crippen LogP) is 3.53. The molecule has 0 heterocycles. The maximum atomic E-state index is 11.7. The molecule has 0 aromatic heterocycles. The van der Waals surface area contributed by atoms with Crippen LogP contribution in [0.5, 0.6) is 11.5 Å². The Morgan fingerprint density at radius 3 is 2.67 bits per heavy atom. The first-order valence-corrected chi connectivity index (χ1v) is 7.59. The molecule has 0 atom stereocenters. The van der Waals surface area contributed by atoms with Crippen LogP contribution < -0.4 is 15.5 Å². The SMILES string of the molecule is COc1cc(CC/C(C)=N/NC(=O)Nc2ccccc2)ccc1O. The van der Waals surface area contributed by atoms with Crippen molar-refractivity contribution < 1.29 is 14.6 Å². The number of ether oxygens (including phenoxy) is 1. The number of nitrogens with one attached hydrogen (secondary N) is 2. The van der Waals surface area contributed by atoms with Gasteiger partial charge in [-0.15, -0.1) is 0 Å². The van der Waals surface area contributed by atoms with Crippen LogP contribution in [0.1, 0.15) is 18.9 Å². The molecule has 2 rings (SSSR count). The first-order chi connectivity index (χ1) is 11.6. The third-order valence-corrected chi connectivity index (χ3v) is 3.40. The minimum atomic E-state index is -0.383. The number of amides is 2. The Morgan fingerprint density at radius 2 is 1.96 bits per heavy atom. The molecule has 0 saturated carbocycles. The van der Waals surface area contributed by atoms with Gasteiger partial charge in [0.25, 0.3) is 0 Å². The van der Waals surface area contributed by atoms with Crippen LogP contribution in [-0.2, 0) is 6.42 Å². The molecule has 6 heteroatoms. The summed E-state index contributed by atoms with van der Waals surface area (Å²) in [5.74, 6) is 0.563. The van der Waals surface area contributed by atoms with Gasteiger partial charge < -0.3 is 15.2 Å². The van der Waals surface area contributed by atoms with Crippen molar-refractivity contribution in [2.24, 2.45) is 5.10 Å². The summed E-state index contributed by atoms with van der Waals surface area (Å²) in [7, 11) is 1.51. The molecule has 0 aliphatic rings. The molecule has 2 aromatic rings. The molecular weight excluding hydrogens is 306 g/mol. The van der Waals surface area contributed by atoms with E-state index in [2.05, 4.69) is 15.8 Å². The molecule has 2 amide bonds. The number of anilines is 1. The van der Waals surface area contributed by atoms with Crippen LogP contribution in [0.3, 0.4) is 0 Å². The fraction of sp³-hybridized carbons (Fsp3) is 0.222. The lowest BCUT2D eigenvalue weighted by Gasteiger charge is -2.07. The first-order valence-electron chi connectivity index (χ1n) is 7.59. The fourth-order valence-corrected chi connectivity index (χ4v) is 2.09. The number of phenolic OH excluding ortho intramolecular Hbond substituents is 1. The molecule has 0 spiro atoms. The summed E-state index contributed by atoms with van der Waals surface area (Å²) in [6, 6.07) is 14.0. The van der Waals surface area contributed by atoms with E-state index in [-0.39, 0.29) is 11.8 Å². The number of methoxy groups -OCH3 is 1. The van der Waals surface area contributed by atoms with Crippen LogP contribution in [0.2, 0.25) is 0 Å². The highest BCUT2D eigenvalue weighted by molar-refractivity contribution is 5.90. The van der Waals surface area contributed by atoms with Gasteiger partial charge in [-0.1, -0.05) is 24.3 Å². The van der Waals surface area contributed by atoms with E-state index in [4.69, 9.17) is 4.74 Å².